The van der Waals surface area contributed by atoms with Crippen LogP contribution in [0.15, 0.2) is 0 Å². The number of hydrogen-bond acceptors (Lipinski definition) is 4. The normalized spacial score (nSPS) is 24.1. The van der Waals surface area contributed by atoms with Crippen LogP contribution in [0.4, 0.5) is 0 Å². The molecule has 1 aliphatic rings. The lowest BCUT2D eigenvalue weighted by atomic mass is 9.84. The summed E-state index contributed by atoms with van der Waals surface area (Å²) in [4.78, 5) is 32.8. The molecule has 4 heteroatoms. The Bertz CT molecular complexity index is 247. The summed E-state index contributed by atoms with van der Waals surface area (Å²) in [6.45, 7) is 1.24. The third-order valence-electron chi connectivity index (χ3n) is 2.43. The molecule has 1 aliphatic carbocycles. The molecule has 0 aromatic heterocycles. The summed E-state index contributed by atoms with van der Waals surface area (Å²) in [7, 11) is 0. The molecule has 4 nitrogen and oxygen atoms in total. The molecule has 0 bridgehead atoms. The number of carbonyl (C=O) groups excluding carboxylic acids is 3. The van der Waals surface area contributed by atoms with Crippen LogP contribution in [-0.2, 0) is 19.1 Å². The third-order valence-corrected chi connectivity index (χ3v) is 2.43. The molecule has 0 spiro atoms. The van der Waals surface area contributed by atoms with Gasteiger partial charge < -0.3 is 4.74 Å². The maximum atomic E-state index is 11.4. The number of ketones is 1. The molecule has 0 amide bonds. The zero-order valence-corrected chi connectivity index (χ0v) is 8.19. The Morgan fingerprint density at radius 2 is 2.29 bits per heavy atom. The van der Waals surface area contributed by atoms with Crippen LogP contribution in [0, 0.1) is 5.92 Å². The first-order valence-corrected chi connectivity index (χ1v) is 4.80. The van der Waals surface area contributed by atoms with Crippen molar-refractivity contribution in [2.75, 3.05) is 0 Å². The van der Waals surface area contributed by atoms with Crippen LogP contribution in [0.3, 0.4) is 0 Å². The molecule has 1 fully saturated rings. The summed E-state index contributed by atoms with van der Waals surface area (Å²) in [5.41, 5.74) is 0. The van der Waals surface area contributed by atoms with Gasteiger partial charge in [-0.2, -0.15) is 0 Å². The molecule has 0 N–H and O–H groups in total. The van der Waals surface area contributed by atoms with E-state index < -0.39 is 18.0 Å². The molecule has 0 aliphatic heterocycles. The standard InChI is InChI=1S/C10H14O4/c1-7(12)14-10(6-11)8-4-2-3-5-9(8)13/h6,8,10H,2-5H2,1H3. The van der Waals surface area contributed by atoms with Crippen LogP contribution >= 0.6 is 0 Å². The molecule has 14 heavy (non-hydrogen) atoms. The highest BCUT2D eigenvalue weighted by Crippen LogP contribution is 2.24. The van der Waals surface area contributed by atoms with E-state index in [1.54, 1.807) is 0 Å². The van der Waals surface area contributed by atoms with Crippen LogP contribution in [-0.4, -0.2) is 24.1 Å². The monoisotopic (exact) mass is 198 g/mol. The van der Waals surface area contributed by atoms with Gasteiger partial charge in [0.2, 0.25) is 0 Å². The van der Waals surface area contributed by atoms with Crippen molar-refractivity contribution in [1.82, 2.24) is 0 Å². The highest BCUT2D eigenvalue weighted by Gasteiger charge is 2.31. The summed E-state index contributed by atoms with van der Waals surface area (Å²) in [6, 6.07) is 0. The van der Waals surface area contributed by atoms with Gasteiger partial charge in [-0.3, -0.25) is 14.4 Å². The Morgan fingerprint density at radius 1 is 1.57 bits per heavy atom. The topological polar surface area (TPSA) is 60.4 Å². The molecular formula is C10H14O4. The van der Waals surface area contributed by atoms with Crippen molar-refractivity contribution in [3.8, 4) is 0 Å². The van der Waals surface area contributed by atoms with E-state index in [4.69, 9.17) is 4.74 Å². The smallest absolute Gasteiger partial charge is 0.303 e. The molecule has 2 atom stereocenters. The Hall–Kier alpha value is -1.19. The van der Waals surface area contributed by atoms with E-state index in [1.807, 2.05) is 0 Å². The minimum atomic E-state index is -0.875. The van der Waals surface area contributed by atoms with Crippen LogP contribution in [0.2, 0.25) is 0 Å². The molecule has 0 saturated heterocycles. The lowest BCUT2D eigenvalue weighted by molar-refractivity contribution is -0.155. The largest absolute Gasteiger partial charge is 0.454 e. The molecule has 0 heterocycles. The molecule has 0 aromatic rings. The van der Waals surface area contributed by atoms with E-state index in [0.717, 1.165) is 12.8 Å². The van der Waals surface area contributed by atoms with Gasteiger partial charge in [-0.05, 0) is 12.8 Å². The van der Waals surface area contributed by atoms with Gasteiger partial charge in [-0.25, -0.2) is 0 Å². The van der Waals surface area contributed by atoms with Gasteiger partial charge in [0.25, 0.3) is 0 Å². The molecule has 0 aromatic carbocycles. The number of hydrogen-bond donors (Lipinski definition) is 0. The second-order valence-electron chi connectivity index (χ2n) is 3.53. The first-order valence-electron chi connectivity index (χ1n) is 4.80. The molecule has 78 valence electrons. The maximum absolute atomic E-state index is 11.4. The first-order chi connectivity index (χ1) is 6.65. The SMILES string of the molecule is CC(=O)OC(C=O)C1CCCCC1=O. The lowest BCUT2D eigenvalue weighted by Gasteiger charge is -2.24. The minimum Gasteiger partial charge on any atom is -0.454 e. The van der Waals surface area contributed by atoms with Crippen molar-refractivity contribution in [1.29, 1.82) is 0 Å². The molecule has 1 saturated carbocycles. The van der Waals surface area contributed by atoms with Crippen LogP contribution in [0.5, 0.6) is 0 Å². The number of aldehydes is 1. The van der Waals surface area contributed by atoms with Crippen molar-refractivity contribution in [3.05, 3.63) is 0 Å². The highest BCUT2D eigenvalue weighted by molar-refractivity contribution is 5.86. The quantitative estimate of drug-likeness (QED) is 0.499. The van der Waals surface area contributed by atoms with E-state index >= 15 is 0 Å². The van der Waals surface area contributed by atoms with E-state index in [-0.39, 0.29) is 5.78 Å². The lowest BCUT2D eigenvalue weighted by Crippen LogP contribution is -2.35. The number of rotatable bonds is 3. The maximum Gasteiger partial charge on any atom is 0.303 e. The Labute approximate surface area is 82.6 Å². The van der Waals surface area contributed by atoms with Gasteiger partial charge >= 0.3 is 5.97 Å². The molecule has 0 radical (unpaired) electrons. The van der Waals surface area contributed by atoms with Gasteiger partial charge in [0.1, 0.15) is 5.78 Å². The second-order valence-corrected chi connectivity index (χ2v) is 3.53. The summed E-state index contributed by atoms with van der Waals surface area (Å²) < 4.78 is 4.78. The number of carbonyl (C=O) groups is 3. The predicted molar refractivity (Wildman–Crippen MR) is 48.6 cm³/mol. The second kappa shape index (κ2) is 4.88. The summed E-state index contributed by atoms with van der Waals surface area (Å²) in [5, 5.41) is 0. The Balaban J connectivity index is 2.61. The van der Waals surface area contributed by atoms with Gasteiger partial charge in [0.05, 0.1) is 5.92 Å². The number of ether oxygens (including phenoxy) is 1. The van der Waals surface area contributed by atoms with E-state index in [0.29, 0.717) is 19.1 Å². The van der Waals surface area contributed by atoms with Gasteiger partial charge in [0.15, 0.2) is 12.4 Å². The van der Waals surface area contributed by atoms with E-state index in [2.05, 4.69) is 0 Å². The summed E-state index contributed by atoms with van der Waals surface area (Å²) in [6.07, 6.45) is 2.62. The Kier molecular flexibility index (Phi) is 3.80. The van der Waals surface area contributed by atoms with E-state index in [1.165, 1.54) is 6.92 Å². The fourth-order valence-corrected chi connectivity index (χ4v) is 1.75. The zero-order valence-electron chi connectivity index (χ0n) is 8.19. The van der Waals surface area contributed by atoms with Crippen molar-refractivity contribution >= 4 is 18.0 Å². The zero-order chi connectivity index (χ0) is 10.6. The number of esters is 1. The number of Topliss-reactive ketones (excluding diaryl/α,β-unsaturated/α-hetero) is 1. The highest BCUT2D eigenvalue weighted by atomic mass is 16.5. The fraction of sp³-hybridized carbons (Fsp3) is 0.700. The van der Waals surface area contributed by atoms with Gasteiger partial charge in [-0.1, -0.05) is 6.42 Å². The molecular weight excluding hydrogens is 184 g/mol. The third kappa shape index (κ3) is 2.65. The first kappa shape index (κ1) is 10.9. The van der Waals surface area contributed by atoms with E-state index in [9.17, 15) is 14.4 Å². The Morgan fingerprint density at radius 3 is 2.79 bits per heavy atom. The summed E-state index contributed by atoms with van der Waals surface area (Å²) in [5.74, 6) is -0.889. The van der Waals surface area contributed by atoms with Crippen LogP contribution in [0.25, 0.3) is 0 Å². The van der Waals surface area contributed by atoms with Crippen molar-refractivity contribution < 1.29 is 19.1 Å². The average Bonchev–Trinajstić information content (AvgIpc) is 2.15. The summed E-state index contributed by atoms with van der Waals surface area (Å²) >= 11 is 0. The average molecular weight is 198 g/mol. The predicted octanol–water partition coefficient (Wildman–Crippen LogP) is 0.876. The minimum absolute atomic E-state index is 0.0367. The van der Waals surface area contributed by atoms with Gasteiger partial charge in [-0.15, -0.1) is 0 Å². The van der Waals surface area contributed by atoms with Crippen LogP contribution in [0.1, 0.15) is 32.6 Å². The van der Waals surface area contributed by atoms with Crippen molar-refractivity contribution in [2.45, 2.75) is 38.7 Å². The van der Waals surface area contributed by atoms with Crippen LogP contribution < -0.4 is 0 Å². The fourth-order valence-electron chi connectivity index (χ4n) is 1.75. The molecule has 2 unspecified atom stereocenters. The van der Waals surface area contributed by atoms with Crippen molar-refractivity contribution in [2.24, 2.45) is 5.92 Å². The van der Waals surface area contributed by atoms with Gasteiger partial charge in [0, 0.05) is 13.3 Å². The van der Waals surface area contributed by atoms with Crippen molar-refractivity contribution in [3.63, 3.8) is 0 Å². The molecule has 1 rings (SSSR count).